The maximum Gasteiger partial charge on any atom is 0.287 e. The first-order valence-corrected chi connectivity index (χ1v) is 10.3. The predicted octanol–water partition coefficient (Wildman–Crippen LogP) is 5.80. The van der Waals surface area contributed by atoms with E-state index in [1.54, 1.807) is 11.3 Å². The van der Waals surface area contributed by atoms with Gasteiger partial charge in [0, 0.05) is 39.9 Å². The average molecular weight is 411 g/mol. The fraction of sp³-hybridized carbons (Fsp3) is 0.182. The van der Waals surface area contributed by atoms with Crippen LogP contribution in [-0.4, -0.2) is 17.4 Å². The van der Waals surface area contributed by atoms with Crippen LogP contribution in [0.2, 0.25) is 5.02 Å². The number of benzene rings is 2. The van der Waals surface area contributed by atoms with Gasteiger partial charge in [0.1, 0.15) is 10.6 Å². The molecule has 4 nitrogen and oxygen atoms in total. The number of aryl methyl sites for hydroxylation is 2. The van der Waals surface area contributed by atoms with E-state index in [4.69, 9.17) is 16.0 Å². The van der Waals surface area contributed by atoms with Crippen molar-refractivity contribution in [3.63, 3.8) is 0 Å². The zero-order valence-corrected chi connectivity index (χ0v) is 17.2. The molecule has 0 radical (unpaired) electrons. The molecular weight excluding hydrogens is 392 g/mol. The number of amides is 1. The van der Waals surface area contributed by atoms with Crippen molar-refractivity contribution in [3.8, 4) is 10.6 Å². The second-order valence-electron chi connectivity index (χ2n) is 6.67. The second kappa shape index (κ2) is 7.78. The molecular formula is C22H19ClN2O2S. The molecule has 0 saturated heterocycles. The SMILES string of the molecule is Cc1cc2oc(C(=O)NCCc3csc(-c4ccccc4)n3)c(C)c2cc1Cl. The molecule has 142 valence electrons. The predicted molar refractivity (Wildman–Crippen MR) is 114 cm³/mol. The summed E-state index contributed by atoms with van der Waals surface area (Å²) in [5.74, 6) is 0.112. The highest BCUT2D eigenvalue weighted by Crippen LogP contribution is 2.30. The molecule has 0 spiro atoms. The summed E-state index contributed by atoms with van der Waals surface area (Å²) < 4.78 is 5.78. The monoisotopic (exact) mass is 410 g/mol. The molecule has 0 aliphatic carbocycles. The first-order valence-electron chi connectivity index (χ1n) is 9.00. The normalized spacial score (nSPS) is 11.1. The number of nitrogens with zero attached hydrogens (tertiary/aromatic N) is 1. The van der Waals surface area contributed by atoms with Gasteiger partial charge in [0.15, 0.2) is 5.76 Å². The number of aromatic nitrogens is 1. The van der Waals surface area contributed by atoms with Gasteiger partial charge in [-0.25, -0.2) is 4.98 Å². The highest BCUT2D eigenvalue weighted by Gasteiger charge is 2.18. The van der Waals surface area contributed by atoms with Gasteiger partial charge in [-0.15, -0.1) is 11.3 Å². The minimum absolute atomic E-state index is 0.221. The summed E-state index contributed by atoms with van der Waals surface area (Å²) in [7, 11) is 0. The Labute approximate surface area is 172 Å². The Morgan fingerprint density at radius 3 is 2.79 bits per heavy atom. The van der Waals surface area contributed by atoms with Crippen molar-refractivity contribution in [2.45, 2.75) is 20.3 Å². The third kappa shape index (κ3) is 3.68. The molecule has 2 heterocycles. The van der Waals surface area contributed by atoms with Crippen LogP contribution >= 0.6 is 22.9 Å². The van der Waals surface area contributed by atoms with E-state index in [-0.39, 0.29) is 5.91 Å². The zero-order chi connectivity index (χ0) is 19.7. The smallest absolute Gasteiger partial charge is 0.287 e. The number of carbonyl (C=O) groups is 1. The quantitative estimate of drug-likeness (QED) is 0.452. The average Bonchev–Trinajstić information content (AvgIpc) is 3.29. The first kappa shape index (κ1) is 18.7. The summed E-state index contributed by atoms with van der Waals surface area (Å²) in [5.41, 5.74) is 4.47. The molecule has 2 aromatic carbocycles. The van der Waals surface area contributed by atoms with Crippen LogP contribution in [0.5, 0.6) is 0 Å². The summed E-state index contributed by atoms with van der Waals surface area (Å²) in [5, 5.41) is 7.48. The molecule has 28 heavy (non-hydrogen) atoms. The Balaban J connectivity index is 1.42. The fourth-order valence-corrected chi connectivity index (χ4v) is 4.10. The molecule has 0 saturated carbocycles. The number of halogens is 1. The van der Waals surface area contributed by atoms with Gasteiger partial charge >= 0.3 is 0 Å². The molecule has 0 aliphatic heterocycles. The zero-order valence-electron chi connectivity index (χ0n) is 15.6. The second-order valence-corrected chi connectivity index (χ2v) is 7.93. The summed E-state index contributed by atoms with van der Waals surface area (Å²) >= 11 is 7.81. The maximum absolute atomic E-state index is 12.6. The van der Waals surface area contributed by atoms with Crippen molar-refractivity contribution in [3.05, 3.63) is 75.4 Å². The van der Waals surface area contributed by atoms with Crippen LogP contribution in [0.3, 0.4) is 0 Å². The van der Waals surface area contributed by atoms with Gasteiger partial charge in [0.05, 0.1) is 5.69 Å². The van der Waals surface area contributed by atoms with E-state index in [1.807, 2.05) is 61.7 Å². The minimum atomic E-state index is -0.221. The summed E-state index contributed by atoms with van der Waals surface area (Å²) in [4.78, 5) is 17.2. The van der Waals surface area contributed by atoms with Crippen LogP contribution in [0.25, 0.3) is 21.5 Å². The van der Waals surface area contributed by atoms with Crippen molar-refractivity contribution in [2.75, 3.05) is 6.54 Å². The van der Waals surface area contributed by atoms with E-state index in [0.717, 1.165) is 32.8 Å². The Kier molecular flexibility index (Phi) is 5.20. The van der Waals surface area contributed by atoms with Crippen LogP contribution in [0.4, 0.5) is 0 Å². The number of hydrogen-bond donors (Lipinski definition) is 1. The molecule has 1 N–H and O–H groups in total. The van der Waals surface area contributed by atoms with E-state index in [1.165, 1.54) is 0 Å². The highest BCUT2D eigenvalue weighted by molar-refractivity contribution is 7.13. The van der Waals surface area contributed by atoms with Gasteiger partial charge in [-0.05, 0) is 31.5 Å². The first-order chi connectivity index (χ1) is 13.5. The molecule has 1 amide bonds. The molecule has 0 bridgehead atoms. The number of fused-ring (bicyclic) bond motifs is 1. The van der Waals surface area contributed by atoms with Crippen molar-refractivity contribution in [2.24, 2.45) is 0 Å². The number of rotatable bonds is 5. The Hall–Kier alpha value is -2.63. The van der Waals surface area contributed by atoms with E-state index in [9.17, 15) is 4.79 Å². The van der Waals surface area contributed by atoms with Gasteiger partial charge in [-0.2, -0.15) is 0 Å². The highest BCUT2D eigenvalue weighted by atomic mass is 35.5. The Morgan fingerprint density at radius 1 is 1.21 bits per heavy atom. The van der Waals surface area contributed by atoms with Crippen molar-refractivity contribution in [1.29, 1.82) is 0 Å². The van der Waals surface area contributed by atoms with Crippen molar-refractivity contribution in [1.82, 2.24) is 10.3 Å². The van der Waals surface area contributed by atoms with Crippen LogP contribution in [0.1, 0.15) is 27.4 Å². The molecule has 0 aliphatic rings. The number of nitrogens with one attached hydrogen (secondary N) is 1. The number of furan rings is 1. The molecule has 0 atom stereocenters. The Bertz CT molecular complexity index is 1150. The molecule has 2 aromatic heterocycles. The third-order valence-electron chi connectivity index (χ3n) is 4.66. The van der Waals surface area contributed by atoms with E-state index >= 15 is 0 Å². The lowest BCUT2D eigenvalue weighted by Crippen LogP contribution is -2.25. The van der Waals surface area contributed by atoms with Crippen molar-refractivity contribution < 1.29 is 9.21 Å². The van der Waals surface area contributed by atoms with E-state index < -0.39 is 0 Å². The molecule has 4 rings (SSSR count). The minimum Gasteiger partial charge on any atom is -0.451 e. The van der Waals surface area contributed by atoms with Crippen LogP contribution in [-0.2, 0) is 6.42 Å². The van der Waals surface area contributed by atoms with Gasteiger partial charge in [-0.3, -0.25) is 4.79 Å². The number of hydrogen-bond acceptors (Lipinski definition) is 4. The van der Waals surface area contributed by atoms with Crippen LogP contribution in [0.15, 0.2) is 52.3 Å². The van der Waals surface area contributed by atoms with Gasteiger partial charge < -0.3 is 9.73 Å². The standard InChI is InChI=1S/C22H19ClN2O2S/c1-13-10-19-17(11-18(13)23)14(2)20(27-19)21(26)24-9-8-16-12-28-22(25-16)15-6-4-3-5-7-15/h3-7,10-12H,8-9H2,1-2H3,(H,24,26). The lowest BCUT2D eigenvalue weighted by atomic mass is 10.1. The summed E-state index contributed by atoms with van der Waals surface area (Å²) in [6, 6.07) is 13.8. The fourth-order valence-electron chi connectivity index (χ4n) is 3.08. The van der Waals surface area contributed by atoms with Crippen LogP contribution in [0, 0.1) is 13.8 Å². The lowest BCUT2D eigenvalue weighted by Gasteiger charge is -2.02. The Morgan fingerprint density at radius 2 is 2.00 bits per heavy atom. The summed E-state index contributed by atoms with van der Waals surface area (Å²) in [6.45, 7) is 4.28. The van der Waals surface area contributed by atoms with Gasteiger partial charge in [0.25, 0.3) is 5.91 Å². The number of carbonyl (C=O) groups excluding carboxylic acids is 1. The molecule has 0 unspecified atom stereocenters. The molecule has 4 aromatic rings. The van der Waals surface area contributed by atoms with Gasteiger partial charge in [0.2, 0.25) is 0 Å². The van der Waals surface area contributed by atoms with Crippen LogP contribution < -0.4 is 5.32 Å². The maximum atomic E-state index is 12.6. The van der Waals surface area contributed by atoms with E-state index in [2.05, 4.69) is 10.3 Å². The summed E-state index contributed by atoms with van der Waals surface area (Å²) in [6.07, 6.45) is 0.666. The molecule has 0 fully saturated rings. The van der Waals surface area contributed by atoms with Gasteiger partial charge in [-0.1, -0.05) is 41.9 Å². The largest absolute Gasteiger partial charge is 0.451 e. The third-order valence-corrected chi connectivity index (χ3v) is 6.01. The molecule has 6 heteroatoms. The lowest BCUT2D eigenvalue weighted by molar-refractivity contribution is 0.0927. The van der Waals surface area contributed by atoms with E-state index in [0.29, 0.717) is 29.3 Å². The number of thiazole rings is 1. The topological polar surface area (TPSA) is 55.1 Å². The van der Waals surface area contributed by atoms with Crippen molar-refractivity contribution >= 4 is 39.8 Å².